The number of likely N-dealkylation sites (tertiary alicyclic amines) is 1. The zero-order valence-corrected chi connectivity index (χ0v) is 19.0. The first-order valence-corrected chi connectivity index (χ1v) is 11.0. The number of β-amino-alcohol motifs (C(OH)–C–C–N with tert-alkyl or cyclic N) is 1. The van der Waals surface area contributed by atoms with Crippen molar-refractivity contribution in [3.63, 3.8) is 0 Å². The maximum absolute atomic E-state index is 12.7. The number of rotatable bonds is 6. The van der Waals surface area contributed by atoms with E-state index in [4.69, 9.17) is 19.8 Å². The number of hydrogen-bond acceptors (Lipinski definition) is 5. The number of aliphatic hydroxyl groups excluding tert-OH is 1. The molecule has 1 fully saturated rings. The zero-order chi connectivity index (χ0) is 24.4. The summed E-state index contributed by atoms with van der Waals surface area (Å²) in [5.74, 6) is -3.13. The summed E-state index contributed by atoms with van der Waals surface area (Å²) in [6.45, 7) is 6.54. The number of benzene rings is 2. The Balaban J connectivity index is 0.000000569. The van der Waals surface area contributed by atoms with Crippen LogP contribution in [0.1, 0.15) is 38.4 Å². The Morgan fingerprint density at radius 2 is 1.55 bits per heavy atom. The zero-order valence-electron chi connectivity index (χ0n) is 19.0. The van der Waals surface area contributed by atoms with Crippen LogP contribution >= 0.6 is 0 Å². The molecular weight excluding hydrogens is 424 g/mol. The van der Waals surface area contributed by atoms with Crippen LogP contribution in [0.3, 0.4) is 0 Å². The van der Waals surface area contributed by atoms with Gasteiger partial charge in [-0.1, -0.05) is 62.4 Å². The standard InChI is InChI=1S/C23H30N2O2.C2H2O4/c1-3-23(27)25(20-12-8-5-9-13-20)21-14-15-24(16-18(21)2)17-22(26)19-10-6-4-7-11-19;3-1(4)2(5)6/h4-13,18,21-22,26H,3,14-17H2,1-2H3;(H,3,4)(H,5,6)/t18-,21+,22+;/m0./s1. The summed E-state index contributed by atoms with van der Waals surface area (Å²) in [6, 6.07) is 20.0. The summed E-state index contributed by atoms with van der Waals surface area (Å²) >= 11 is 0. The molecule has 0 spiro atoms. The summed E-state index contributed by atoms with van der Waals surface area (Å²) in [4.78, 5) is 35.2. The van der Waals surface area contributed by atoms with Gasteiger partial charge in [0, 0.05) is 37.8 Å². The van der Waals surface area contributed by atoms with Crippen molar-refractivity contribution in [1.29, 1.82) is 0 Å². The van der Waals surface area contributed by atoms with Gasteiger partial charge in [0.25, 0.3) is 0 Å². The van der Waals surface area contributed by atoms with Gasteiger partial charge in [0.2, 0.25) is 5.91 Å². The number of carboxylic acid groups (broad SMARTS) is 2. The Bertz CT molecular complexity index is 894. The van der Waals surface area contributed by atoms with Crippen molar-refractivity contribution in [3.8, 4) is 0 Å². The van der Waals surface area contributed by atoms with E-state index in [2.05, 4.69) is 11.8 Å². The maximum Gasteiger partial charge on any atom is 0.414 e. The topological polar surface area (TPSA) is 118 Å². The number of carbonyl (C=O) groups excluding carboxylic acids is 1. The molecule has 0 aliphatic carbocycles. The van der Waals surface area contributed by atoms with E-state index in [1.807, 2.05) is 72.5 Å². The van der Waals surface area contributed by atoms with Gasteiger partial charge in [0.05, 0.1) is 6.10 Å². The second-order valence-corrected chi connectivity index (χ2v) is 8.08. The van der Waals surface area contributed by atoms with Gasteiger partial charge in [-0.2, -0.15) is 0 Å². The Kier molecular flexibility index (Phi) is 10.0. The van der Waals surface area contributed by atoms with Gasteiger partial charge in [-0.3, -0.25) is 9.69 Å². The molecule has 0 saturated carbocycles. The summed E-state index contributed by atoms with van der Waals surface area (Å²) < 4.78 is 0. The molecule has 1 aliphatic rings. The lowest BCUT2D eigenvalue weighted by Gasteiger charge is -2.43. The molecule has 3 N–H and O–H groups in total. The van der Waals surface area contributed by atoms with Crippen molar-refractivity contribution in [2.75, 3.05) is 24.5 Å². The van der Waals surface area contributed by atoms with E-state index in [-0.39, 0.29) is 11.9 Å². The highest BCUT2D eigenvalue weighted by Crippen LogP contribution is 2.29. The van der Waals surface area contributed by atoms with Crippen LogP contribution in [0.4, 0.5) is 5.69 Å². The fourth-order valence-electron chi connectivity index (χ4n) is 4.07. The predicted octanol–water partition coefficient (Wildman–Crippen LogP) is 3.03. The second-order valence-electron chi connectivity index (χ2n) is 8.08. The van der Waals surface area contributed by atoms with Gasteiger partial charge in [-0.05, 0) is 30.0 Å². The third-order valence-electron chi connectivity index (χ3n) is 5.68. The number of carbonyl (C=O) groups is 3. The average molecular weight is 457 g/mol. The first-order valence-electron chi connectivity index (χ1n) is 11.0. The number of anilines is 1. The fraction of sp³-hybridized carbons (Fsp3) is 0.400. The van der Waals surface area contributed by atoms with Crippen LogP contribution in [0, 0.1) is 5.92 Å². The molecule has 0 aromatic heterocycles. The van der Waals surface area contributed by atoms with E-state index in [9.17, 15) is 9.90 Å². The predicted molar refractivity (Wildman–Crippen MR) is 125 cm³/mol. The van der Waals surface area contributed by atoms with Crippen LogP contribution < -0.4 is 4.90 Å². The van der Waals surface area contributed by atoms with Gasteiger partial charge in [-0.25, -0.2) is 9.59 Å². The fourth-order valence-corrected chi connectivity index (χ4v) is 4.07. The summed E-state index contributed by atoms with van der Waals surface area (Å²) in [7, 11) is 0. The summed E-state index contributed by atoms with van der Waals surface area (Å²) in [5, 5.41) is 25.3. The van der Waals surface area contributed by atoms with Crippen molar-refractivity contribution >= 4 is 23.5 Å². The number of nitrogens with zero attached hydrogens (tertiary/aromatic N) is 2. The minimum Gasteiger partial charge on any atom is -0.473 e. The van der Waals surface area contributed by atoms with E-state index in [1.165, 1.54) is 0 Å². The minimum absolute atomic E-state index is 0.177. The van der Waals surface area contributed by atoms with Crippen LogP contribution in [0.2, 0.25) is 0 Å². The number of aliphatic hydroxyl groups is 1. The van der Waals surface area contributed by atoms with Crippen molar-refractivity contribution in [1.82, 2.24) is 4.90 Å². The lowest BCUT2D eigenvalue weighted by molar-refractivity contribution is -0.159. The number of hydrogen-bond donors (Lipinski definition) is 3. The van der Waals surface area contributed by atoms with E-state index < -0.39 is 18.0 Å². The Morgan fingerprint density at radius 1 is 1.00 bits per heavy atom. The van der Waals surface area contributed by atoms with Crippen molar-refractivity contribution < 1.29 is 29.7 Å². The molecule has 1 amide bonds. The van der Waals surface area contributed by atoms with Gasteiger partial charge in [0.15, 0.2) is 0 Å². The Morgan fingerprint density at radius 3 is 2.03 bits per heavy atom. The lowest BCUT2D eigenvalue weighted by atomic mass is 9.91. The maximum atomic E-state index is 12.7. The average Bonchev–Trinajstić information content (AvgIpc) is 2.82. The number of aliphatic carboxylic acids is 2. The van der Waals surface area contributed by atoms with Crippen LogP contribution in [0.15, 0.2) is 60.7 Å². The molecule has 8 nitrogen and oxygen atoms in total. The molecule has 3 rings (SSSR count). The van der Waals surface area contributed by atoms with Crippen LogP contribution in [0.5, 0.6) is 0 Å². The van der Waals surface area contributed by atoms with Crippen molar-refractivity contribution in [2.24, 2.45) is 5.92 Å². The quantitative estimate of drug-likeness (QED) is 0.572. The largest absolute Gasteiger partial charge is 0.473 e. The van der Waals surface area contributed by atoms with E-state index in [1.54, 1.807) is 0 Å². The van der Waals surface area contributed by atoms with Crippen LogP contribution in [-0.4, -0.2) is 63.7 Å². The molecule has 33 heavy (non-hydrogen) atoms. The van der Waals surface area contributed by atoms with E-state index in [0.717, 1.165) is 30.8 Å². The number of carboxylic acids is 2. The molecule has 1 saturated heterocycles. The molecular formula is C25H32N2O6. The van der Waals surface area contributed by atoms with Gasteiger partial charge in [-0.15, -0.1) is 0 Å². The molecule has 2 aromatic rings. The molecule has 1 heterocycles. The van der Waals surface area contributed by atoms with Crippen LogP contribution in [0.25, 0.3) is 0 Å². The van der Waals surface area contributed by atoms with Gasteiger partial charge >= 0.3 is 11.9 Å². The Hall–Kier alpha value is -3.23. The minimum atomic E-state index is -1.82. The van der Waals surface area contributed by atoms with E-state index in [0.29, 0.717) is 18.9 Å². The highest BCUT2D eigenvalue weighted by Gasteiger charge is 2.34. The second kappa shape index (κ2) is 12.7. The molecule has 8 heteroatoms. The van der Waals surface area contributed by atoms with Crippen molar-refractivity contribution in [2.45, 2.75) is 38.8 Å². The highest BCUT2D eigenvalue weighted by atomic mass is 16.4. The molecule has 0 radical (unpaired) electrons. The third kappa shape index (κ3) is 7.69. The molecule has 2 aromatic carbocycles. The summed E-state index contributed by atoms with van der Waals surface area (Å²) in [5.41, 5.74) is 1.94. The third-order valence-corrected chi connectivity index (χ3v) is 5.68. The molecule has 3 atom stereocenters. The monoisotopic (exact) mass is 456 g/mol. The first kappa shape index (κ1) is 26.0. The molecule has 0 unspecified atom stereocenters. The number of piperidine rings is 1. The smallest absolute Gasteiger partial charge is 0.414 e. The summed E-state index contributed by atoms with van der Waals surface area (Å²) in [6.07, 6.45) is 0.954. The highest BCUT2D eigenvalue weighted by molar-refractivity contribution is 6.27. The van der Waals surface area contributed by atoms with Crippen LogP contribution in [-0.2, 0) is 14.4 Å². The van der Waals surface area contributed by atoms with E-state index >= 15 is 0 Å². The van der Waals surface area contributed by atoms with Gasteiger partial charge < -0.3 is 20.2 Å². The molecule has 1 aliphatic heterocycles. The number of para-hydroxylation sites is 1. The van der Waals surface area contributed by atoms with Gasteiger partial charge in [0.1, 0.15) is 0 Å². The SMILES string of the molecule is CCC(=O)N(c1ccccc1)[C@@H]1CCN(C[C@@H](O)c2ccccc2)C[C@@H]1C.O=C(O)C(=O)O. The number of amides is 1. The normalized spacial score (nSPS) is 19.0. The molecule has 178 valence electrons. The van der Waals surface area contributed by atoms with Crippen molar-refractivity contribution in [3.05, 3.63) is 66.2 Å². The first-order chi connectivity index (χ1) is 15.7. The Labute approximate surface area is 194 Å². The molecule has 0 bridgehead atoms. The lowest BCUT2D eigenvalue weighted by Crippen LogP contribution is -2.52.